The summed E-state index contributed by atoms with van der Waals surface area (Å²) in [6.45, 7) is 9.00. The van der Waals surface area contributed by atoms with E-state index in [0.29, 0.717) is 6.54 Å². The first kappa shape index (κ1) is 11.4. The van der Waals surface area contributed by atoms with Crippen molar-refractivity contribution in [2.24, 2.45) is 16.6 Å². The van der Waals surface area contributed by atoms with Crippen molar-refractivity contribution in [3.63, 3.8) is 0 Å². The van der Waals surface area contributed by atoms with Crippen LogP contribution in [0.3, 0.4) is 0 Å². The van der Waals surface area contributed by atoms with Crippen LogP contribution in [-0.4, -0.2) is 25.5 Å². The fraction of sp³-hybridized carbons (Fsp3) is 1.00. The maximum absolute atomic E-state index is 5.90. The summed E-state index contributed by atoms with van der Waals surface area (Å²) in [7, 11) is 0. The lowest BCUT2D eigenvalue weighted by molar-refractivity contribution is -0.222. The molecule has 1 heterocycles. The predicted octanol–water partition coefficient (Wildman–Crippen LogP) is 1.90. The van der Waals surface area contributed by atoms with E-state index >= 15 is 0 Å². The Kier molecular flexibility index (Phi) is 2.61. The van der Waals surface area contributed by atoms with Gasteiger partial charge in [-0.25, -0.2) is 0 Å². The van der Waals surface area contributed by atoms with Crippen LogP contribution in [0, 0.1) is 10.8 Å². The summed E-state index contributed by atoms with van der Waals surface area (Å²) in [4.78, 5) is 0. The number of rotatable bonds is 1. The molecule has 0 unspecified atom stereocenters. The molecule has 3 heteroatoms. The van der Waals surface area contributed by atoms with Gasteiger partial charge in [0.15, 0.2) is 5.79 Å². The van der Waals surface area contributed by atoms with Gasteiger partial charge < -0.3 is 15.2 Å². The summed E-state index contributed by atoms with van der Waals surface area (Å²) in [5.41, 5.74) is 6.32. The Bertz CT molecular complexity index is 246. The van der Waals surface area contributed by atoms with Gasteiger partial charge in [0.25, 0.3) is 0 Å². The topological polar surface area (TPSA) is 44.5 Å². The second-order valence-corrected chi connectivity index (χ2v) is 6.32. The van der Waals surface area contributed by atoms with Crippen LogP contribution in [0.2, 0.25) is 0 Å². The first-order chi connectivity index (χ1) is 6.89. The molecule has 0 bridgehead atoms. The van der Waals surface area contributed by atoms with Crippen LogP contribution >= 0.6 is 0 Å². The van der Waals surface area contributed by atoms with Gasteiger partial charge in [-0.15, -0.1) is 0 Å². The highest BCUT2D eigenvalue weighted by molar-refractivity contribution is 4.97. The van der Waals surface area contributed by atoms with Gasteiger partial charge >= 0.3 is 0 Å². The van der Waals surface area contributed by atoms with Crippen molar-refractivity contribution in [2.75, 3.05) is 19.8 Å². The van der Waals surface area contributed by atoms with E-state index in [2.05, 4.69) is 20.8 Å². The minimum absolute atomic E-state index is 0.159. The van der Waals surface area contributed by atoms with Crippen LogP contribution in [0.1, 0.15) is 40.0 Å². The van der Waals surface area contributed by atoms with Crippen LogP contribution in [0.4, 0.5) is 0 Å². The Morgan fingerprint density at radius 2 is 1.60 bits per heavy atom. The second-order valence-electron chi connectivity index (χ2n) is 6.32. The molecule has 88 valence electrons. The van der Waals surface area contributed by atoms with Crippen molar-refractivity contribution >= 4 is 0 Å². The standard InChI is InChI=1S/C12H23NO2/c1-10(2)6-11(3,9-13)8-12(7-10)14-4-5-15-12/h4-9,13H2,1-3H3/t11-/m0/s1. The third-order valence-corrected chi connectivity index (χ3v) is 3.66. The summed E-state index contributed by atoms with van der Waals surface area (Å²) in [5, 5.41) is 0. The lowest BCUT2D eigenvalue weighted by Gasteiger charge is -2.50. The van der Waals surface area contributed by atoms with Gasteiger partial charge in [-0.1, -0.05) is 20.8 Å². The Morgan fingerprint density at radius 1 is 1.00 bits per heavy atom. The third-order valence-electron chi connectivity index (χ3n) is 3.66. The average Bonchev–Trinajstić information content (AvgIpc) is 2.49. The molecule has 0 amide bonds. The Labute approximate surface area is 92.3 Å². The van der Waals surface area contributed by atoms with E-state index in [1.54, 1.807) is 0 Å². The lowest BCUT2D eigenvalue weighted by atomic mass is 9.62. The van der Waals surface area contributed by atoms with E-state index in [4.69, 9.17) is 15.2 Å². The molecule has 1 saturated carbocycles. The minimum Gasteiger partial charge on any atom is -0.347 e. The summed E-state index contributed by atoms with van der Waals surface area (Å²) < 4.78 is 11.7. The Hall–Kier alpha value is -0.120. The first-order valence-electron chi connectivity index (χ1n) is 5.87. The molecule has 1 aliphatic carbocycles. The molecule has 3 nitrogen and oxygen atoms in total. The van der Waals surface area contributed by atoms with Gasteiger partial charge in [0, 0.05) is 12.8 Å². The summed E-state index contributed by atoms with van der Waals surface area (Å²) in [6, 6.07) is 0. The van der Waals surface area contributed by atoms with Gasteiger partial charge in [-0.05, 0) is 23.8 Å². The molecule has 1 spiro atoms. The molecule has 2 rings (SSSR count). The van der Waals surface area contributed by atoms with E-state index < -0.39 is 0 Å². The fourth-order valence-corrected chi connectivity index (χ4v) is 3.57. The van der Waals surface area contributed by atoms with Crippen molar-refractivity contribution < 1.29 is 9.47 Å². The normalized spacial score (nSPS) is 38.4. The molecule has 0 radical (unpaired) electrons. The molecular formula is C12H23NO2. The van der Waals surface area contributed by atoms with E-state index in [1.807, 2.05) is 0 Å². The highest BCUT2D eigenvalue weighted by Gasteiger charge is 2.52. The molecule has 0 aromatic rings. The fourth-order valence-electron chi connectivity index (χ4n) is 3.57. The maximum atomic E-state index is 5.90. The molecule has 0 aromatic carbocycles. The summed E-state index contributed by atoms with van der Waals surface area (Å²) >= 11 is 0. The average molecular weight is 213 g/mol. The van der Waals surface area contributed by atoms with Crippen LogP contribution in [0.15, 0.2) is 0 Å². The Morgan fingerprint density at radius 3 is 2.13 bits per heavy atom. The molecule has 2 fully saturated rings. The number of hydrogen-bond acceptors (Lipinski definition) is 3. The van der Waals surface area contributed by atoms with Gasteiger partial charge in [0.05, 0.1) is 13.2 Å². The first-order valence-corrected chi connectivity index (χ1v) is 5.87. The Balaban J connectivity index is 2.21. The van der Waals surface area contributed by atoms with Crippen molar-refractivity contribution in [2.45, 2.75) is 45.8 Å². The largest absolute Gasteiger partial charge is 0.347 e. The predicted molar refractivity (Wildman–Crippen MR) is 59.4 cm³/mol. The third kappa shape index (κ3) is 2.19. The molecule has 2 aliphatic rings. The summed E-state index contributed by atoms with van der Waals surface area (Å²) in [6.07, 6.45) is 3.10. The zero-order valence-corrected chi connectivity index (χ0v) is 10.1. The number of hydrogen-bond donors (Lipinski definition) is 1. The van der Waals surface area contributed by atoms with E-state index in [1.165, 1.54) is 0 Å². The maximum Gasteiger partial charge on any atom is 0.169 e. The van der Waals surface area contributed by atoms with Gasteiger partial charge in [-0.3, -0.25) is 0 Å². The molecule has 15 heavy (non-hydrogen) atoms. The number of nitrogens with two attached hydrogens (primary N) is 1. The van der Waals surface area contributed by atoms with Gasteiger partial charge in [0.2, 0.25) is 0 Å². The zero-order chi connectivity index (χ0) is 11.2. The van der Waals surface area contributed by atoms with Crippen LogP contribution in [-0.2, 0) is 9.47 Å². The molecule has 1 saturated heterocycles. The molecule has 2 N–H and O–H groups in total. The molecular weight excluding hydrogens is 190 g/mol. The highest BCUT2D eigenvalue weighted by Crippen LogP contribution is 2.52. The lowest BCUT2D eigenvalue weighted by Crippen LogP contribution is -2.50. The molecule has 1 atom stereocenters. The van der Waals surface area contributed by atoms with Crippen LogP contribution < -0.4 is 5.73 Å². The van der Waals surface area contributed by atoms with Crippen molar-refractivity contribution in [3.05, 3.63) is 0 Å². The molecule has 0 aromatic heterocycles. The van der Waals surface area contributed by atoms with E-state index in [-0.39, 0.29) is 16.6 Å². The number of ether oxygens (including phenoxy) is 2. The van der Waals surface area contributed by atoms with Crippen molar-refractivity contribution in [1.29, 1.82) is 0 Å². The second kappa shape index (κ2) is 3.44. The van der Waals surface area contributed by atoms with Crippen molar-refractivity contribution in [1.82, 2.24) is 0 Å². The highest BCUT2D eigenvalue weighted by atomic mass is 16.7. The monoisotopic (exact) mass is 213 g/mol. The van der Waals surface area contributed by atoms with Crippen molar-refractivity contribution in [3.8, 4) is 0 Å². The SMILES string of the molecule is CC1(C)CC2(C[C@@](C)(CN)C1)OCCO2. The zero-order valence-electron chi connectivity index (χ0n) is 10.1. The van der Waals surface area contributed by atoms with Gasteiger partial charge in [0.1, 0.15) is 0 Å². The quantitative estimate of drug-likeness (QED) is 0.723. The summed E-state index contributed by atoms with van der Waals surface area (Å²) in [5.74, 6) is -0.337. The minimum atomic E-state index is -0.337. The van der Waals surface area contributed by atoms with Gasteiger partial charge in [-0.2, -0.15) is 0 Å². The van der Waals surface area contributed by atoms with E-state index in [9.17, 15) is 0 Å². The smallest absolute Gasteiger partial charge is 0.169 e. The van der Waals surface area contributed by atoms with Crippen LogP contribution in [0.5, 0.6) is 0 Å². The van der Waals surface area contributed by atoms with Crippen LogP contribution in [0.25, 0.3) is 0 Å². The van der Waals surface area contributed by atoms with E-state index in [0.717, 1.165) is 32.5 Å². The molecule has 1 aliphatic heterocycles.